The molecule has 2 bridgehead atoms. The molecule has 1 spiro atoms. The van der Waals surface area contributed by atoms with Crippen LogP contribution in [-0.4, -0.2) is 10.2 Å². The molecule has 2 nitrogen and oxygen atoms in total. The Morgan fingerprint density at radius 2 is 1.90 bits per heavy atom. The fourth-order valence-corrected chi connectivity index (χ4v) is 9.09. The smallest absolute Gasteiger partial charge is 0.305 e. The third kappa shape index (κ3) is 1.45. The molecule has 0 unspecified atom stereocenters. The van der Waals surface area contributed by atoms with Crippen molar-refractivity contribution in [3.05, 3.63) is 14.5 Å². The number of aromatic nitrogens is 1. The predicted molar refractivity (Wildman–Crippen MR) is 83.7 cm³/mol. The van der Waals surface area contributed by atoms with E-state index in [2.05, 4.69) is 4.98 Å². The van der Waals surface area contributed by atoms with Crippen LogP contribution >= 0.6 is 23.1 Å². The lowest BCUT2D eigenvalue weighted by Gasteiger charge is -2.51. The van der Waals surface area contributed by atoms with Crippen LogP contribution in [0.4, 0.5) is 0 Å². The van der Waals surface area contributed by atoms with Gasteiger partial charge in [-0.1, -0.05) is 30.6 Å². The van der Waals surface area contributed by atoms with Gasteiger partial charge < -0.3 is 4.98 Å². The van der Waals surface area contributed by atoms with Crippen LogP contribution < -0.4 is 4.87 Å². The van der Waals surface area contributed by atoms with Gasteiger partial charge in [0.15, 0.2) is 0 Å². The molecule has 1 aromatic rings. The summed E-state index contributed by atoms with van der Waals surface area (Å²) in [4.78, 5) is 16.7. The lowest BCUT2D eigenvalue weighted by Crippen LogP contribution is -2.47. The third-order valence-electron chi connectivity index (χ3n) is 6.55. The average Bonchev–Trinajstić information content (AvgIpc) is 3.14. The molecule has 2 heterocycles. The molecule has 0 aromatic carbocycles. The number of hydrogen-bond acceptors (Lipinski definition) is 3. The molecule has 4 heteroatoms. The van der Waals surface area contributed by atoms with Gasteiger partial charge in [0.1, 0.15) is 0 Å². The van der Waals surface area contributed by atoms with Gasteiger partial charge in [-0.25, -0.2) is 0 Å². The summed E-state index contributed by atoms with van der Waals surface area (Å²) in [7, 11) is 0. The quantitative estimate of drug-likeness (QED) is 0.780. The zero-order valence-electron chi connectivity index (χ0n) is 11.7. The molecule has 4 atom stereocenters. The van der Waals surface area contributed by atoms with Gasteiger partial charge in [0, 0.05) is 15.5 Å². The van der Waals surface area contributed by atoms with E-state index < -0.39 is 0 Å². The van der Waals surface area contributed by atoms with E-state index in [4.69, 9.17) is 0 Å². The summed E-state index contributed by atoms with van der Waals surface area (Å²) < 4.78 is 0. The van der Waals surface area contributed by atoms with Gasteiger partial charge in [-0.15, -0.1) is 11.8 Å². The Hall–Kier alpha value is -0.220. The summed E-state index contributed by atoms with van der Waals surface area (Å²) in [6.45, 7) is 0. The highest BCUT2D eigenvalue weighted by atomic mass is 32.2. The summed E-state index contributed by atoms with van der Waals surface area (Å²) in [5, 5.41) is 2.07. The maximum atomic E-state index is 11.9. The van der Waals surface area contributed by atoms with Gasteiger partial charge in [0.05, 0.1) is 5.03 Å². The largest absolute Gasteiger partial charge is 0.307 e. The van der Waals surface area contributed by atoms with Gasteiger partial charge in [-0.2, -0.15) is 0 Å². The first-order valence-corrected chi connectivity index (χ1v) is 9.88. The van der Waals surface area contributed by atoms with Gasteiger partial charge >= 0.3 is 4.87 Å². The number of nitrogens with one attached hydrogen (secondary N) is 1. The first-order chi connectivity index (χ1) is 9.78. The Bertz CT molecular complexity index is 598. The van der Waals surface area contributed by atoms with Gasteiger partial charge in [-0.3, -0.25) is 4.79 Å². The minimum atomic E-state index is 0.180. The zero-order valence-corrected chi connectivity index (χ0v) is 13.3. The summed E-state index contributed by atoms with van der Waals surface area (Å²) >= 11 is 3.57. The third-order valence-corrected chi connectivity index (χ3v) is 9.27. The minimum Gasteiger partial charge on any atom is -0.307 e. The van der Waals surface area contributed by atoms with Crippen molar-refractivity contribution in [3.8, 4) is 0 Å². The lowest BCUT2D eigenvalue weighted by atomic mass is 9.60. The lowest BCUT2D eigenvalue weighted by molar-refractivity contribution is 0.135. The maximum Gasteiger partial charge on any atom is 0.305 e. The van der Waals surface area contributed by atoms with Gasteiger partial charge in [0.25, 0.3) is 0 Å². The molecule has 5 rings (SSSR count). The van der Waals surface area contributed by atoms with Gasteiger partial charge in [0.2, 0.25) is 0 Å². The number of rotatable bonds is 0. The summed E-state index contributed by atoms with van der Waals surface area (Å²) in [5.41, 5.74) is 0.382. The number of thioether (sulfide) groups is 1. The number of thiazole rings is 1. The molecule has 0 amide bonds. The molecule has 4 aliphatic rings. The molecule has 3 fully saturated rings. The molecule has 1 aliphatic heterocycles. The molecular weight excluding hydrogens is 286 g/mol. The van der Waals surface area contributed by atoms with Crippen molar-refractivity contribution in [1.29, 1.82) is 0 Å². The normalized spacial score (nSPS) is 40.8. The fraction of sp³-hybridized carbons (Fsp3) is 0.812. The second-order valence-electron chi connectivity index (χ2n) is 7.33. The van der Waals surface area contributed by atoms with Crippen LogP contribution in [-0.2, 0) is 5.41 Å². The van der Waals surface area contributed by atoms with E-state index in [0.29, 0.717) is 5.41 Å². The zero-order chi connectivity index (χ0) is 13.3. The first-order valence-electron chi connectivity index (χ1n) is 8.18. The standard InChI is InChI=1S/C16H21NOS2/c18-15-17-14-13(20-15)16(6-2-1-3-7-16)11-9-4-5-10(8-9)12(11)19-14/h9-12H,1-8H2,(H,17,18)/t9-,10-,11-,12-/m1/s1. The summed E-state index contributed by atoms with van der Waals surface area (Å²) in [6.07, 6.45) is 11.2. The highest BCUT2D eigenvalue weighted by Gasteiger charge is 2.60. The van der Waals surface area contributed by atoms with Crippen molar-refractivity contribution in [2.24, 2.45) is 17.8 Å². The molecule has 0 saturated heterocycles. The van der Waals surface area contributed by atoms with Crippen LogP contribution in [0.1, 0.15) is 56.2 Å². The Labute approximate surface area is 127 Å². The number of fused-ring (bicyclic) bond motifs is 8. The topological polar surface area (TPSA) is 32.9 Å². The number of H-pyrrole nitrogens is 1. The van der Waals surface area contributed by atoms with E-state index >= 15 is 0 Å². The van der Waals surface area contributed by atoms with Crippen LogP contribution in [0.2, 0.25) is 0 Å². The van der Waals surface area contributed by atoms with E-state index in [-0.39, 0.29) is 4.87 Å². The molecule has 3 saturated carbocycles. The SMILES string of the molecule is O=c1[nH]c2c(s1)C1(CCCCC1)[C@@H]1[C@@H]3CC[C@H](C3)[C@H]1S2. The summed E-state index contributed by atoms with van der Waals surface area (Å²) in [5.74, 6) is 2.77. The molecule has 1 N–H and O–H groups in total. The Morgan fingerprint density at radius 1 is 1.10 bits per heavy atom. The Kier molecular flexibility index (Phi) is 2.57. The summed E-state index contributed by atoms with van der Waals surface area (Å²) in [6, 6.07) is 0. The fourth-order valence-electron chi connectivity index (χ4n) is 5.93. The minimum absolute atomic E-state index is 0.180. The van der Waals surface area contributed by atoms with Crippen molar-refractivity contribution in [2.75, 3.05) is 0 Å². The van der Waals surface area contributed by atoms with E-state index in [1.807, 2.05) is 11.8 Å². The van der Waals surface area contributed by atoms with Crippen LogP contribution in [0.25, 0.3) is 0 Å². The second-order valence-corrected chi connectivity index (χ2v) is 9.50. The van der Waals surface area contributed by atoms with Crippen molar-refractivity contribution in [3.63, 3.8) is 0 Å². The molecule has 3 aliphatic carbocycles. The molecule has 1 aromatic heterocycles. The van der Waals surface area contributed by atoms with Crippen LogP contribution in [0.5, 0.6) is 0 Å². The molecule has 108 valence electrons. The van der Waals surface area contributed by atoms with Crippen molar-refractivity contribution in [2.45, 2.75) is 67.1 Å². The average molecular weight is 307 g/mol. The Balaban J connectivity index is 1.70. The highest BCUT2D eigenvalue weighted by Crippen LogP contribution is 2.67. The highest BCUT2D eigenvalue weighted by molar-refractivity contribution is 8.00. The van der Waals surface area contributed by atoms with Crippen LogP contribution in [0, 0.1) is 17.8 Å². The molecule has 0 radical (unpaired) electrons. The van der Waals surface area contributed by atoms with E-state index in [1.165, 1.54) is 72.6 Å². The van der Waals surface area contributed by atoms with Gasteiger partial charge in [-0.05, 0) is 49.9 Å². The molecule has 20 heavy (non-hydrogen) atoms. The van der Waals surface area contributed by atoms with E-state index in [0.717, 1.165) is 23.0 Å². The Morgan fingerprint density at radius 3 is 2.75 bits per heavy atom. The first kappa shape index (κ1) is 12.3. The van der Waals surface area contributed by atoms with Crippen LogP contribution in [0.3, 0.4) is 0 Å². The second kappa shape index (κ2) is 4.16. The van der Waals surface area contributed by atoms with Crippen molar-refractivity contribution in [1.82, 2.24) is 4.98 Å². The maximum absolute atomic E-state index is 11.9. The van der Waals surface area contributed by atoms with Crippen molar-refractivity contribution < 1.29 is 0 Å². The van der Waals surface area contributed by atoms with E-state index in [1.54, 1.807) is 0 Å². The predicted octanol–water partition coefficient (Wildman–Crippen LogP) is 4.16. The van der Waals surface area contributed by atoms with Crippen LogP contribution in [0.15, 0.2) is 9.82 Å². The number of hydrogen-bond donors (Lipinski definition) is 1. The monoisotopic (exact) mass is 307 g/mol. The van der Waals surface area contributed by atoms with Crippen molar-refractivity contribution >= 4 is 23.1 Å². The van der Waals surface area contributed by atoms with E-state index in [9.17, 15) is 4.79 Å². The number of aromatic amines is 1. The molecular formula is C16H21NOS2.